The molecule has 2 nitrogen and oxygen atoms in total. The molecule has 0 atom stereocenters. The molecule has 0 bridgehead atoms. The van der Waals surface area contributed by atoms with E-state index in [1.165, 1.54) is 31.2 Å². The molecule has 0 spiro atoms. The Labute approximate surface area is 98.3 Å². The molecule has 0 fully saturated rings. The number of hydrogen-bond donors (Lipinski definition) is 0. The average molecular weight is 221 g/mol. The molecule has 0 aliphatic rings. The molecule has 2 heteroatoms. The molecule has 0 aliphatic heterocycles. The third-order valence-corrected chi connectivity index (χ3v) is 3.39. The first-order valence-electron chi connectivity index (χ1n) is 6.20. The molecule has 0 amide bonds. The first-order chi connectivity index (χ1) is 7.53. The Morgan fingerprint density at radius 3 is 2.19 bits per heavy atom. The molecule has 1 heterocycles. The van der Waals surface area contributed by atoms with Crippen LogP contribution in [0.3, 0.4) is 0 Å². The van der Waals surface area contributed by atoms with E-state index in [2.05, 4.69) is 20.8 Å². The summed E-state index contributed by atoms with van der Waals surface area (Å²) in [5.74, 6) is 0. The summed E-state index contributed by atoms with van der Waals surface area (Å²) < 4.78 is 1.68. The van der Waals surface area contributed by atoms with Crippen molar-refractivity contribution in [2.75, 3.05) is 0 Å². The van der Waals surface area contributed by atoms with Crippen LogP contribution in [0.2, 0.25) is 0 Å². The second kappa shape index (κ2) is 5.33. The molecule has 0 saturated heterocycles. The van der Waals surface area contributed by atoms with Crippen LogP contribution < -0.4 is 5.56 Å². The van der Waals surface area contributed by atoms with Gasteiger partial charge in [-0.1, -0.05) is 39.7 Å². The fourth-order valence-corrected chi connectivity index (χ4v) is 2.47. The summed E-state index contributed by atoms with van der Waals surface area (Å²) in [6.45, 7) is 6.74. The van der Waals surface area contributed by atoms with E-state index in [9.17, 15) is 4.79 Å². The molecule has 16 heavy (non-hydrogen) atoms. The maximum atomic E-state index is 11.4. The lowest BCUT2D eigenvalue weighted by molar-refractivity contribution is 0.389. The van der Waals surface area contributed by atoms with E-state index in [1.807, 2.05) is 19.3 Å². The molecule has 0 aliphatic carbocycles. The fraction of sp³-hybridized carbons (Fsp3) is 0.643. The van der Waals surface area contributed by atoms with Gasteiger partial charge in [0.15, 0.2) is 0 Å². The summed E-state index contributed by atoms with van der Waals surface area (Å²) >= 11 is 0. The van der Waals surface area contributed by atoms with Crippen LogP contribution in [0.25, 0.3) is 0 Å². The summed E-state index contributed by atoms with van der Waals surface area (Å²) in [7, 11) is 1.82. The van der Waals surface area contributed by atoms with Crippen molar-refractivity contribution >= 4 is 0 Å². The number of pyridine rings is 1. The second-order valence-electron chi connectivity index (χ2n) is 4.93. The Bertz CT molecular complexity index is 386. The SMILES string of the molecule is CCCC(C)(CCC)c1ccc(=O)n(C)c1. The number of hydrogen-bond acceptors (Lipinski definition) is 1. The van der Waals surface area contributed by atoms with E-state index in [4.69, 9.17) is 0 Å². The highest BCUT2D eigenvalue weighted by atomic mass is 16.1. The van der Waals surface area contributed by atoms with Crippen molar-refractivity contribution in [1.82, 2.24) is 4.57 Å². The minimum absolute atomic E-state index is 0.0686. The largest absolute Gasteiger partial charge is 0.318 e. The summed E-state index contributed by atoms with van der Waals surface area (Å²) in [5.41, 5.74) is 1.58. The summed E-state index contributed by atoms with van der Waals surface area (Å²) in [6.07, 6.45) is 6.71. The number of rotatable bonds is 5. The van der Waals surface area contributed by atoms with Crippen molar-refractivity contribution < 1.29 is 0 Å². The highest BCUT2D eigenvalue weighted by molar-refractivity contribution is 5.21. The number of aromatic nitrogens is 1. The second-order valence-corrected chi connectivity index (χ2v) is 4.93. The Morgan fingerprint density at radius 1 is 1.19 bits per heavy atom. The van der Waals surface area contributed by atoms with Crippen LogP contribution in [-0.2, 0) is 12.5 Å². The van der Waals surface area contributed by atoms with Crippen LogP contribution in [0.5, 0.6) is 0 Å². The van der Waals surface area contributed by atoms with E-state index in [0.717, 1.165) is 0 Å². The molecule has 0 saturated carbocycles. The van der Waals surface area contributed by atoms with Crippen molar-refractivity contribution in [3.8, 4) is 0 Å². The predicted molar refractivity (Wildman–Crippen MR) is 68.9 cm³/mol. The average Bonchev–Trinajstić information content (AvgIpc) is 2.22. The van der Waals surface area contributed by atoms with E-state index in [-0.39, 0.29) is 11.0 Å². The topological polar surface area (TPSA) is 22.0 Å². The van der Waals surface area contributed by atoms with Crippen molar-refractivity contribution in [3.63, 3.8) is 0 Å². The monoisotopic (exact) mass is 221 g/mol. The summed E-state index contributed by atoms with van der Waals surface area (Å²) in [4.78, 5) is 11.4. The van der Waals surface area contributed by atoms with E-state index >= 15 is 0 Å². The van der Waals surface area contributed by atoms with Crippen LogP contribution >= 0.6 is 0 Å². The van der Waals surface area contributed by atoms with Gasteiger partial charge in [0.2, 0.25) is 5.56 Å². The van der Waals surface area contributed by atoms with Crippen molar-refractivity contribution in [2.45, 2.75) is 51.9 Å². The van der Waals surface area contributed by atoms with Gasteiger partial charge in [-0.15, -0.1) is 0 Å². The van der Waals surface area contributed by atoms with Gasteiger partial charge in [0, 0.05) is 19.3 Å². The Morgan fingerprint density at radius 2 is 1.75 bits per heavy atom. The van der Waals surface area contributed by atoms with E-state index in [0.29, 0.717) is 0 Å². The molecule has 90 valence electrons. The Hall–Kier alpha value is -1.05. The quantitative estimate of drug-likeness (QED) is 0.748. The molecule has 0 radical (unpaired) electrons. The highest BCUT2D eigenvalue weighted by Gasteiger charge is 2.24. The van der Waals surface area contributed by atoms with Crippen LogP contribution in [0.15, 0.2) is 23.1 Å². The van der Waals surface area contributed by atoms with Crippen molar-refractivity contribution in [3.05, 3.63) is 34.2 Å². The van der Waals surface area contributed by atoms with Crippen molar-refractivity contribution in [2.24, 2.45) is 7.05 Å². The lowest BCUT2D eigenvalue weighted by Crippen LogP contribution is -2.25. The van der Waals surface area contributed by atoms with Gasteiger partial charge < -0.3 is 4.57 Å². The van der Waals surface area contributed by atoms with Gasteiger partial charge in [0.1, 0.15) is 0 Å². The van der Waals surface area contributed by atoms with E-state index in [1.54, 1.807) is 10.6 Å². The normalized spacial score (nSPS) is 11.8. The molecule has 1 aromatic heterocycles. The van der Waals surface area contributed by atoms with Crippen molar-refractivity contribution in [1.29, 1.82) is 0 Å². The van der Waals surface area contributed by atoms with Crippen LogP contribution in [0.1, 0.15) is 52.0 Å². The molecule has 0 unspecified atom stereocenters. The van der Waals surface area contributed by atoms with Crippen LogP contribution in [0, 0.1) is 0 Å². The predicted octanol–water partition coefficient (Wildman–Crippen LogP) is 3.24. The van der Waals surface area contributed by atoms with E-state index < -0.39 is 0 Å². The number of aryl methyl sites for hydroxylation is 1. The maximum Gasteiger partial charge on any atom is 0.250 e. The van der Waals surface area contributed by atoms with Gasteiger partial charge in [-0.2, -0.15) is 0 Å². The molecule has 1 aromatic rings. The lowest BCUT2D eigenvalue weighted by Gasteiger charge is -2.29. The van der Waals surface area contributed by atoms with Gasteiger partial charge in [0.05, 0.1) is 0 Å². The van der Waals surface area contributed by atoms with Gasteiger partial charge in [-0.25, -0.2) is 0 Å². The third kappa shape index (κ3) is 2.75. The zero-order chi connectivity index (χ0) is 12.2. The first kappa shape index (κ1) is 13.0. The highest BCUT2D eigenvalue weighted by Crippen LogP contribution is 2.33. The molecular weight excluding hydrogens is 198 g/mol. The minimum Gasteiger partial charge on any atom is -0.318 e. The minimum atomic E-state index is 0.0686. The molecule has 0 N–H and O–H groups in total. The number of nitrogens with zero attached hydrogens (tertiary/aromatic N) is 1. The van der Waals surface area contributed by atoms with Crippen LogP contribution in [0.4, 0.5) is 0 Å². The molecular formula is C14H23NO. The third-order valence-electron chi connectivity index (χ3n) is 3.39. The fourth-order valence-electron chi connectivity index (χ4n) is 2.47. The van der Waals surface area contributed by atoms with Gasteiger partial charge in [-0.3, -0.25) is 4.79 Å². The van der Waals surface area contributed by atoms with Gasteiger partial charge in [0.25, 0.3) is 0 Å². The van der Waals surface area contributed by atoms with Gasteiger partial charge in [-0.05, 0) is 23.8 Å². The Balaban J connectivity index is 3.10. The Kier molecular flexibility index (Phi) is 4.34. The zero-order valence-electron chi connectivity index (χ0n) is 10.9. The standard InChI is InChI=1S/C14H23NO/c1-5-9-14(3,10-6-2)12-7-8-13(16)15(4)11-12/h7-8,11H,5-6,9-10H2,1-4H3. The zero-order valence-corrected chi connectivity index (χ0v) is 10.9. The lowest BCUT2D eigenvalue weighted by atomic mass is 9.76. The van der Waals surface area contributed by atoms with Crippen LogP contribution in [-0.4, -0.2) is 4.57 Å². The smallest absolute Gasteiger partial charge is 0.250 e. The maximum absolute atomic E-state index is 11.4. The first-order valence-corrected chi connectivity index (χ1v) is 6.20. The van der Waals surface area contributed by atoms with Gasteiger partial charge >= 0.3 is 0 Å². The summed E-state index contributed by atoms with van der Waals surface area (Å²) in [5, 5.41) is 0. The molecule has 1 rings (SSSR count). The summed E-state index contributed by atoms with van der Waals surface area (Å²) in [6, 6.07) is 3.67. The molecule has 0 aromatic carbocycles.